The van der Waals surface area contributed by atoms with Crippen LogP contribution in [0.1, 0.15) is 66.2 Å². The Morgan fingerprint density at radius 2 is 1.40 bits per heavy atom. The molecule has 8 rings (SSSR count). The quantitative estimate of drug-likeness (QED) is 0.0898. The highest BCUT2D eigenvalue weighted by atomic mass is 35.5. The van der Waals surface area contributed by atoms with Crippen LogP contribution < -0.4 is 31.9 Å². The maximum absolute atomic E-state index is 14.5. The Hall–Kier alpha value is -8.20. The number of β-lactam (4-membered cyclic amide) rings is 2. The largest absolute Gasteiger partial charge is 0.384 e. The van der Waals surface area contributed by atoms with Gasteiger partial charge in [0.25, 0.3) is 11.8 Å². The molecule has 0 saturated carbocycles. The molecule has 2 aliphatic rings. The van der Waals surface area contributed by atoms with Crippen molar-refractivity contribution >= 4 is 70.6 Å². The standard InChI is InChI=1S/C50H56ClN15O6/c1-6-38(33-14-16-34(51)17-15-33)58-49(71)65-42(37(45(65)68)23-31-21-29(2)57-41(53)25-31)46(69)62(4)35-26-56-64(27-35)20-10-13-39(32-11-8-7-9-12-32)59-50(72)66-43(47(70)63(5)48-60-55-28-61(48)3)36(44(66)67)22-30-18-19-54-40(52)24-30/h7-9,11-12,14-19,21,24-28,36-39,42-43H,6,10,13,20,22-23H2,1-5H3,(H2,52,54)(H2,53,57)(H,58,71)(H,59,72)/t36-,37-,38-,39-,42+,43+/m1/s1. The lowest BCUT2D eigenvalue weighted by molar-refractivity contribution is -0.156. The Kier molecular flexibility index (Phi) is 14.9. The number of rotatable bonds is 17. The number of anilines is 4. The molecule has 0 aliphatic carbocycles. The highest BCUT2D eigenvalue weighted by Gasteiger charge is 2.57. The molecule has 6 N–H and O–H groups in total. The lowest BCUT2D eigenvalue weighted by Gasteiger charge is -2.46. The number of urea groups is 2. The van der Waals surface area contributed by atoms with Crippen LogP contribution in [-0.2, 0) is 45.6 Å². The van der Waals surface area contributed by atoms with Gasteiger partial charge in [-0.15, -0.1) is 10.2 Å². The SMILES string of the molecule is CC[C@@H](NC(=O)N1C(=O)[C@H](Cc2cc(C)nc(N)c2)[C@H]1C(=O)N(C)c1cnn(CCC[C@@H](NC(=O)N2C(=O)[C@H](Cc3ccnc(N)c3)[C@H]2C(=O)N(C)c2nncn2C)c2ccccc2)c1)c1ccc(Cl)cc1. The van der Waals surface area contributed by atoms with Gasteiger partial charge in [0.1, 0.15) is 30.0 Å². The minimum Gasteiger partial charge on any atom is -0.384 e. The molecular weight excluding hydrogens is 942 g/mol. The van der Waals surface area contributed by atoms with Gasteiger partial charge in [0.2, 0.25) is 17.8 Å². The number of likely N-dealkylation sites (N-methyl/N-ethyl adjacent to an activating group) is 2. The van der Waals surface area contributed by atoms with Gasteiger partial charge in [-0.05, 0) is 97.7 Å². The van der Waals surface area contributed by atoms with Crippen LogP contribution in [-0.4, -0.2) is 106 Å². The predicted molar refractivity (Wildman–Crippen MR) is 268 cm³/mol. The molecule has 72 heavy (non-hydrogen) atoms. The predicted octanol–water partition coefficient (Wildman–Crippen LogP) is 4.79. The summed E-state index contributed by atoms with van der Waals surface area (Å²) in [7, 11) is 4.76. The first-order chi connectivity index (χ1) is 34.5. The number of imide groups is 2. The van der Waals surface area contributed by atoms with Crippen molar-refractivity contribution in [3.05, 3.63) is 137 Å². The van der Waals surface area contributed by atoms with Crippen LogP contribution in [0.5, 0.6) is 0 Å². The van der Waals surface area contributed by atoms with Crippen molar-refractivity contribution in [2.24, 2.45) is 18.9 Å². The molecule has 2 aromatic carbocycles. The summed E-state index contributed by atoms with van der Waals surface area (Å²) in [5, 5.41) is 19.0. The van der Waals surface area contributed by atoms with Crippen LogP contribution in [0.4, 0.5) is 32.9 Å². The van der Waals surface area contributed by atoms with Gasteiger partial charge in [0, 0.05) is 50.8 Å². The van der Waals surface area contributed by atoms with Gasteiger partial charge < -0.3 is 31.6 Å². The number of aromatic nitrogens is 7. The Morgan fingerprint density at radius 1 is 0.792 bits per heavy atom. The fourth-order valence-corrected chi connectivity index (χ4v) is 9.52. The molecule has 0 unspecified atom stereocenters. The third-order valence-electron chi connectivity index (χ3n) is 13.2. The monoisotopic (exact) mass is 997 g/mol. The van der Waals surface area contributed by atoms with E-state index in [2.05, 4.69) is 35.9 Å². The van der Waals surface area contributed by atoms with Gasteiger partial charge in [-0.2, -0.15) is 5.10 Å². The summed E-state index contributed by atoms with van der Waals surface area (Å²) in [6.45, 7) is 4.04. The Labute approximate surface area is 420 Å². The molecule has 4 aromatic heterocycles. The first kappa shape index (κ1) is 50.2. The third-order valence-corrected chi connectivity index (χ3v) is 13.4. The van der Waals surface area contributed by atoms with E-state index in [9.17, 15) is 28.8 Å². The lowest BCUT2D eigenvalue weighted by atomic mass is 9.81. The number of halogens is 1. The summed E-state index contributed by atoms with van der Waals surface area (Å²) < 4.78 is 3.21. The van der Waals surface area contributed by atoms with Crippen LogP contribution in [0.15, 0.2) is 104 Å². The van der Waals surface area contributed by atoms with E-state index in [-0.39, 0.29) is 30.4 Å². The first-order valence-electron chi connectivity index (χ1n) is 23.4. The van der Waals surface area contributed by atoms with Gasteiger partial charge in [-0.1, -0.05) is 61.0 Å². The summed E-state index contributed by atoms with van der Waals surface area (Å²) >= 11 is 6.12. The molecule has 2 fully saturated rings. The smallest absolute Gasteiger partial charge is 0.325 e. The normalized spacial score (nSPS) is 18.1. The van der Waals surface area contributed by atoms with Crippen molar-refractivity contribution in [3.8, 4) is 0 Å². The van der Waals surface area contributed by atoms with Crippen molar-refractivity contribution in [1.29, 1.82) is 0 Å². The fourth-order valence-electron chi connectivity index (χ4n) is 9.40. The van der Waals surface area contributed by atoms with Crippen LogP contribution in [0.3, 0.4) is 0 Å². The van der Waals surface area contributed by atoms with Crippen molar-refractivity contribution in [1.82, 2.24) is 54.9 Å². The topological polar surface area (TPSA) is 266 Å². The summed E-state index contributed by atoms with van der Waals surface area (Å²) in [5.74, 6) is -3.01. The molecule has 0 bridgehead atoms. The number of benzene rings is 2. The van der Waals surface area contributed by atoms with Crippen molar-refractivity contribution < 1.29 is 28.8 Å². The number of nitrogen functional groups attached to an aromatic ring is 2. The second-order valence-corrected chi connectivity index (χ2v) is 18.5. The van der Waals surface area contributed by atoms with Crippen LogP contribution >= 0.6 is 11.6 Å². The molecule has 6 aromatic rings. The maximum atomic E-state index is 14.5. The number of nitrogens with zero attached hydrogens (tertiary/aromatic N) is 11. The third kappa shape index (κ3) is 10.6. The second kappa shape index (κ2) is 21.4. The fraction of sp³-hybridized carbons (Fsp3) is 0.340. The first-order valence-corrected chi connectivity index (χ1v) is 23.8. The number of nitrogens with one attached hydrogen (secondary N) is 2. The Bertz CT molecular complexity index is 2960. The van der Waals surface area contributed by atoms with E-state index < -0.39 is 71.7 Å². The number of likely N-dealkylation sites (tertiary alicyclic amines) is 2. The van der Waals surface area contributed by atoms with E-state index in [0.29, 0.717) is 53.3 Å². The number of nitrogens with two attached hydrogens (primary N) is 2. The number of carbonyl (C=O) groups excluding carboxylic acids is 6. The zero-order valence-corrected chi connectivity index (χ0v) is 41.2. The zero-order chi connectivity index (χ0) is 51.4. The molecule has 374 valence electrons. The Balaban J connectivity index is 0.960. The maximum Gasteiger partial charge on any atom is 0.325 e. The molecule has 0 radical (unpaired) electrons. The van der Waals surface area contributed by atoms with E-state index >= 15 is 0 Å². The summed E-state index contributed by atoms with van der Waals surface area (Å²) in [4.78, 5) is 97.6. The highest BCUT2D eigenvalue weighted by Crippen LogP contribution is 2.36. The zero-order valence-electron chi connectivity index (χ0n) is 40.4. The number of carbonyl (C=O) groups is 6. The van der Waals surface area contributed by atoms with Gasteiger partial charge in [0.15, 0.2) is 0 Å². The lowest BCUT2D eigenvalue weighted by Crippen LogP contribution is -2.70. The average Bonchev–Trinajstić information content (AvgIpc) is 4.02. The summed E-state index contributed by atoms with van der Waals surface area (Å²) in [6, 6.07) is 18.3. The summed E-state index contributed by atoms with van der Waals surface area (Å²) in [6.07, 6.45) is 7.85. The number of aryl methyl sites for hydroxylation is 3. The summed E-state index contributed by atoms with van der Waals surface area (Å²) in [5.41, 5.74) is 16.0. The van der Waals surface area contributed by atoms with Crippen LogP contribution in [0, 0.1) is 18.8 Å². The molecule has 2 saturated heterocycles. The minimum atomic E-state index is -1.16. The van der Waals surface area contributed by atoms with Crippen molar-refractivity contribution in [2.75, 3.05) is 35.4 Å². The van der Waals surface area contributed by atoms with Gasteiger partial charge in [0.05, 0.1) is 35.8 Å². The van der Waals surface area contributed by atoms with E-state index in [4.69, 9.17) is 23.1 Å². The molecule has 6 atom stereocenters. The molecule has 21 nitrogen and oxygen atoms in total. The second-order valence-electron chi connectivity index (χ2n) is 18.1. The van der Waals surface area contributed by atoms with E-state index in [0.717, 1.165) is 20.9 Å². The van der Waals surface area contributed by atoms with Gasteiger partial charge in [-0.3, -0.25) is 38.6 Å². The molecule has 6 heterocycles. The van der Waals surface area contributed by atoms with Crippen molar-refractivity contribution in [3.63, 3.8) is 0 Å². The minimum absolute atomic E-state index is 0.144. The number of amides is 8. The van der Waals surface area contributed by atoms with E-state index in [1.165, 1.54) is 35.6 Å². The molecular formula is C50H56ClN15O6. The van der Waals surface area contributed by atoms with Gasteiger partial charge >= 0.3 is 12.1 Å². The van der Waals surface area contributed by atoms with Gasteiger partial charge in [-0.25, -0.2) is 19.6 Å². The number of hydrogen-bond acceptors (Lipinski definition) is 13. The number of hydrogen-bond donors (Lipinski definition) is 4. The van der Waals surface area contributed by atoms with E-state index in [1.54, 1.807) is 85.0 Å². The highest BCUT2D eigenvalue weighted by molar-refractivity contribution is 6.30. The van der Waals surface area contributed by atoms with Crippen molar-refractivity contribution in [2.45, 2.75) is 76.7 Å². The molecule has 22 heteroatoms. The van der Waals surface area contributed by atoms with E-state index in [1.807, 2.05) is 37.3 Å². The average molecular weight is 999 g/mol. The molecule has 2 aliphatic heterocycles. The van der Waals surface area contributed by atoms with Crippen LogP contribution in [0.25, 0.3) is 0 Å². The Morgan fingerprint density at radius 3 is 2.01 bits per heavy atom. The van der Waals surface area contributed by atoms with Crippen LogP contribution in [0.2, 0.25) is 5.02 Å². The molecule has 0 spiro atoms. The number of pyridine rings is 2. The molecule has 8 amide bonds.